The van der Waals surface area contributed by atoms with Gasteiger partial charge < -0.3 is 4.74 Å². The molecule has 0 aliphatic heterocycles. The molecule has 1 atom stereocenters. The number of esters is 1. The fourth-order valence-electron chi connectivity index (χ4n) is 1.95. The molecular formula is C14H16O4S2. The van der Waals surface area contributed by atoms with Gasteiger partial charge in [0.1, 0.15) is 0 Å². The lowest BCUT2D eigenvalue weighted by atomic mass is 10.2. The second kappa shape index (κ2) is 5.93. The van der Waals surface area contributed by atoms with Crippen LogP contribution in [0, 0.1) is 0 Å². The summed E-state index contributed by atoms with van der Waals surface area (Å²) in [5, 5.41) is 2.09. The Bertz CT molecular complexity index is 716. The number of benzene rings is 1. The summed E-state index contributed by atoms with van der Waals surface area (Å²) in [7, 11) is -2.12. The highest BCUT2D eigenvalue weighted by Crippen LogP contribution is 2.28. The summed E-state index contributed by atoms with van der Waals surface area (Å²) in [4.78, 5) is 11.2. The van der Waals surface area contributed by atoms with Gasteiger partial charge in [-0.2, -0.15) is 0 Å². The predicted molar refractivity (Wildman–Crippen MR) is 80.5 cm³/mol. The van der Waals surface area contributed by atoms with E-state index in [1.807, 2.05) is 29.6 Å². The Labute approximate surface area is 122 Å². The van der Waals surface area contributed by atoms with Crippen LogP contribution in [0.1, 0.15) is 18.9 Å². The maximum absolute atomic E-state index is 12.3. The first-order valence-corrected chi connectivity index (χ1v) is 8.77. The molecule has 1 unspecified atom stereocenters. The van der Waals surface area contributed by atoms with Gasteiger partial charge in [0.2, 0.25) is 0 Å². The fourth-order valence-corrected chi connectivity index (χ4v) is 4.36. The monoisotopic (exact) mass is 312 g/mol. The highest BCUT2D eigenvalue weighted by atomic mass is 32.2. The van der Waals surface area contributed by atoms with Crippen LogP contribution in [0.25, 0.3) is 10.1 Å². The third-order valence-corrected chi connectivity index (χ3v) is 6.33. The molecule has 6 heteroatoms. The van der Waals surface area contributed by atoms with E-state index in [1.54, 1.807) is 6.92 Å². The van der Waals surface area contributed by atoms with Crippen molar-refractivity contribution in [3.63, 3.8) is 0 Å². The second-order valence-corrected chi connectivity index (χ2v) is 7.99. The number of ether oxygens (including phenoxy) is 1. The number of carbonyl (C=O) groups excluding carboxylic acids is 1. The van der Waals surface area contributed by atoms with Crippen LogP contribution in [0.5, 0.6) is 0 Å². The van der Waals surface area contributed by atoms with Crippen molar-refractivity contribution in [3.8, 4) is 0 Å². The summed E-state index contributed by atoms with van der Waals surface area (Å²) in [6.07, 6.45) is -0.110. The average Bonchev–Trinajstić information content (AvgIpc) is 2.81. The Balaban J connectivity index is 2.22. The van der Waals surface area contributed by atoms with Gasteiger partial charge in [-0.1, -0.05) is 18.2 Å². The van der Waals surface area contributed by atoms with E-state index in [0.29, 0.717) is 0 Å². The SMILES string of the molecule is COC(=O)CC(C)S(=O)(=O)Cc1csc2ccccc12. The lowest BCUT2D eigenvalue weighted by Gasteiger charge is -2.11. The van der Waals surface area contributed by atoms with E-state index in [9.17, 15) is 13.2 Å². The molecule has 1 aromatic heterocycles. The van der Waals surface area contributed by atoms with Gasteiger partial charge in [0.05, 0.1) is 24.5 Å². The molecule has 2 aromatic rings. The average molecular weight is 312 g/mol. The van der Waals surface area contributed by atoms with Crippen molar-refractivity contribution >= 4 is 37.2 Å². The Morgan fingerprint density at radius 1 is 1.35 bits per heavy atom. The number of thiophene rings is 1. The zero-order chi connectivity index (χ0) is 14.8. The van der Waals surface area contributed by atoms with Crippen molar-refractivity contribution in [1.82, 2.24) is 0 Å². The third-order valence-electron chi connectivity index (χ3n) is 3.21. The van der Waals surface area contributed by atoms with E-state index in [1.165, 1.54) is 18.4 Å². The maximum atomic E-state index is 12.3. The number of rotatable bonds is 5. The Morgan fingerprint density at radius 3 is 2.75 bits per heavy atom. The van der Waals surface area contributed by atoms with Crippen molar-refractivity contribution < 1.29 is 17.9 Å². The number of carbonyl (C=O) groups is 1. The quantitative estimate of drug-likeness (QED) is 0.797. The first-order valence-electron chi connectivity index (χ1n) is 6.17. The lowest BCUT2D eigenvalue weighted by molar-refractivity contribution is -0.140. The van der Waals surface area contributed by atoms with E-state index in [-0.39, 0.29) is 12.2 Å². The van der Waals surface area contributed by atoms with E-state index in [4.69, 9.17) is 0 Å². The van der Waals surface area contributed by atoms with Gasteiger partial charge in [-0.3, -0.25) is 4.79 Å². The molecule has 0 fully saturated rings. The number of fused-ring (bicyclic) bond motifs is 1. The van der Waals surface area contributed by atoms with Gasteiger partial charge in [0.25, 0.3) is 0 Å². The Hall–Kier alpha value is -1.40. The van der Waals surface area contributed by atoms with Crippen LogP contribution in [0.4, 0.5) is 0 Å². The Kier molecular flexibility index (Phi) is 4.45. The molecule has 2 rings (SSSR count). The largest absolute Gasteiger partial charge is 0.469 e. The summed E-state index contributed by atoms with van der Waals surface area (Å²) < 4.78 is 30.2. The number of methoxy groups -OCH3 is 1. The molecule has 0 N–H and O–H groups in total. The zero-order valence-corrected chi connectivity index (χ0v) is 13.0. The molecule has 1 heterocycles. The molecule has 0 spiro atoms. The standard InChI is InChI=1S/C14H16O4S2/c1-10(7-14(15)18-2)20(16,17)9-11-8-19-13-6-4-3-5-12(11)13/h3-6,8,10H,7,9H2,1-2H3. The summed E-state index contributed by atoms with van der Waals surface area (Å²) in [5.74, 6) is -0.550. The van der Waals surface area contributed by atoms with Crippen molar-refractivity contribution in [1.29, 1.82) is 0 Å². The third kappa shape index (κ3) is 3.19. The minimum atomic E-state index is -3.37. The predicted octanol–water partition coefficient (Wildman–Crippen LogP) is 2.77. The van der Waals surface area contributed by atoms with Crippen LogP contribution < -0.4 is 0 Å². The van der Waals surface area contributed by atoms with Crippen LogP contribution in [-0.2, 0) is 25.1 Å². The summed E-state index contributed by atoms with van der Waals surface area (Å²) in [6, 6.07) is 7.70. The number of sulfone groups is 1. The highest BCUT2D eigenvalue weighted by Gasteiger charge is 2.25. The topological polar surface area (TPSA) is 60.4 Å². The van der Waals surface area contributed by atoms with Crippen LogP contribution in [0.3, 0.4) is 0 Å². The molecule has 1 aromatic carbocycles. The molecule has 0 aliphatic carbocycles. The normalized spacial score (nSPS) is 13.3. The zero-order valence-electron chi connectivity index (χ0n) is 11.3. The van der Waals surface area contributed by atoms with E-state index in [0.717, 1.165) is 15.6 Å². The first-order chi connectivity index (χ1) is 9.44. The molecule has 0 aliphatic rings. The highest BCUT2D eigenvalue weighted by molar-refractivity contribution is 7.91. The van der Waals surface area contributed by atoms with Gasteiger partial charge in [0.15, 0.2) is 9.84 Å². The Morgan fingerprint density at radius 2 is 2.05 bits per heavy atom. The van der Waals surface area contributed by atoms with Crippen molar-refractivity contribution in [2.75, 3.05) is 7.11 Å². The lowest BCUT2D eigenvalue weighted by Crippen LogP contribution is -2.23. The molecule has 0 bridgehead atoms. The van der Waals surface area contributed by atoms with Crippen LogP contribution in [0.2, 0.25) is 0 Å². The van der Waals surface area contributed by atoms with Gasteiger partial charge >= 0.3 is 5.97 Å². The van der Waals surface area contributed by atoms with Gasteiger partial charge in [0, 0.05) is 4.70 Å². The summed E-state index contributed by atoms with van der Waals surface area (Å²) in [5.41, 5.74) is 0.794. The van der Waals surface area contributed by atoms with E-state index >= 15 is 0 Å². The number of hydrogen-bond acceptors (Lipinski definition) is 5. The van der Waals surface area contributed by atoms with Crippen LogP contribution in [0.15, 0.2) is 29.6 Å². The van der Waals surface area contributed by atoms with Crippen LogP contribution >= 0.6 is 11.3 Å². The molecule has 108 valence electrons. The minimum Gasteiger partial charge on any atom is -0.469 e. The molecule has 0 saturated carbocycles. The minimum absolute atomic E-state index is 0.0465. The molecule has 4 nitrogen and oxygen atoms in total. The smallest absolute Gasteiger partial charge is 0.306 e. The molecular weight excluding hydrogens is 296 g/mol. The summed E-state index contributed by atoms with van der Waals surface area (Å²) in [6.45, 7) is 1.54. The molecule has 20 heavy (non-hydrogen) atoms. The second-order valence-electron chi connectivity index (χ2n) is 4.66. The summed E-state index contributed by atoms with van der Waals surface area (Å²) >= 11 is 1.53. The fraction of sp³-hybridized carbons (Fsp3) is 0.357. The van der Waals surface area contributed by atoms with Crippen LogP contribution in [-0.4, -0.2) is 26.7 Å². The number of hydrogen-bond donors (Lipinski definition) is 0. The molecule has 0 saturated heterocycles. The van der Waals surface area contributed by atoms with E-state index in [2.05, 4.69) is 4.74 Å². The maximum Gasteiger partial charge on any atom is 0.306 e. The van der Waals surface area contributed by atoms with Gasteiger partial charge in [-0.15, -0.1) is 11.3 Å². The van der Waals surface area contributed by atoms with Gasteiger partial charge in [-0.25, -0.2) is 8.42 Å². The van der Waals surface area contributed by atoms with Gasteiger partial charge in [-0.05, 0) is 29.3 Å². The first kappa shape index (κ1) is 15.0. The van der Waals surface area contributed by atoms with Crippen molar-refractivity contribution in [3.05, 3.63) is 35.2 Å². The van der Waals surface area contributed by atoms with Crippen molar-refractivity contribution in [2.24, 2.45) is 0 Å². The van der Waals surface area contributed by atoms with E-state index < -0.39 is 21.1 Å². The molecule has 0 radical (unpaired) electrons. The molecule has 0 amide bonds. The van der Waals surface area contributed by atoms with Crippen molar-refractivity contribution in [2.45, 2.75) is 24.3 Å².